The average molecular weight is 1030 g/mol. The molecule has 1 unspecified atom stereocenters. The predicted molar refractivity (Wildman–Crippen MR) is 320 cm³/mol. The summed E-state index contributed by atoms with van der Waals surface area (Å²) in [5, 5.41) is 0. The van der Waals surface area contributed by atoms with Crippen molar-refractivity contribution in [2.45, 2.75) is 290 Å². The van der Waals surface area contributed by atoms with Crippen LogP contribution in [-0.2, 0) is 28.6 Å². The lowest BCUT2D eigenvalue weighted by atomic mass is 10.0. The van der Waals surface area contributed by atoms with Gasteiger partial charge in [-0.15, -0.1) is 0 Å². The van der Waals surface area contributed by atoms with Crippen molar-refractivity contribution in [2.75, 3.05) is 13.2 Å². The Bertz CT molecular complexity index is 1510. The van der Waals surface area contributed by atoms with E-state index in [2.05, 4.69) is 118 Å². The number of hydrogen-bond acceptors (Lipinski definition) is 6. The van der Waals surface area contributed by atoms with Crippen molar-refractivity contribution in [3.05, 3.63) is 109 Å². The van der Waals surface area contributed by atoms with E-state index in [9.17, 15) is 14.4 Å². The lowest BCUT2D eigenvalue weighted by molar-refractivity contribution is -0.166. The molecule has 0 amide bonds. The summed E-state index contributed by atoms with van der Waals surface area (Å²) in [5.41, 5.74) is 0. The quantitative estimate of drug-likeness (QED) is 0.0261. The molecule has 0 aliphatic heterocycles. The van der Waals surface area contributed by atoms with Gasteiger partial charge in [0.1, 0.15) is 13.2 Å². The highest BCUT2D eigenvalue weighted by Crippen LogP contribution is 2.16. The van der Waals surface area contributed by atoms with Crippen LogP contribution < -0.4 is 0 Å². The number of ether oxygens (including phenoxy) is 3. The summed E-state index contributed by atoms with van der Waals surface area (Å²) in [6.45, 7) is 6.32. The van der Waals surface area contributed by atoms with Crippen molar-refractivity contribution in [3.63, 3.8) is 0 Å². The molecule has 74 heavy (non-hydrogen) atoms. The van der Waals surface area contributed by atoms with Crippen LogP contribution in [0.3, 0.4) is 0 Å². The minimum atomic E-state index is -0.811. The van der Waals surface area contributed by atoms with Gasteiger partial charge >= 0.3 is 17.9 Å². The molecule has 6 heteroatoms. The molecule has 0 saturated carbocycles. The second kappa shape index (κ2) is 61.6. The average Bonchev–Trinajstić information content (AvgIpc) is 3.40. The van der Waals surface area contributed by atoms with Crippen LogP contribution in [0.15, 0.2) is 109 Å². The third-order valence-corrected chi connectivity index (χ3v) is 13.0. The smallest absolute Gasteiger partial charge is 0.306 e. The zero-order chi connectivity index (χ0) is 53.6. The summed E-state index contributed by atoms with van der Waals surface area (Å²) < 4.78 is 16.7. The highest BCUT2D eigenvalue weighted by Gasteiger charge is 2.19. The Morgan fingerprint density at radius 1 is 0.284 bits per heavy atom. The number of esters is 3. The van der Waals surface area contributed by atoms with Gasteiger partial charge in [0.05, 0.1) is 0 Å². The van der Waals surface area contributed by atoms with Gasteiger partial charge in [0, 0.05) is 19.3 Å². The molecule has 0 radical (unpaired) electrons. The van der Waals surface area contributed by atoms with Crippen LogP contribution in [0.2, 0.25) is 0 Å². The van der Waals surface area contributed by atoms with Crippen LogP contribution in [0.4, 0.5) is 0 Å². The third kappa shape index (κ3) is 59.0. The summed E-state index contributed by atoms with van der Waals surface area (Å²) in [4.78, 5) is 37.9. The summed E-state index contributed by atoms with van der Waals surface area (Å²) >= 11 is 0. The van der Waals surface area contributed by atoms with Crippen molar-refractivity contribution >= 4 is 17.9 Å². The van der Waals surface area contributed by atoms with E-state index in [0.717, 1.165) is 96.3 Å². The van der Waals surface area contributed by atoms with Crippen molar-refractivity contribution in [3.8, 4) is 0 Å². The number of carbonyl (C=O) groups excluding carboxylic acids is 3. The summed E-state index contributed by atoms with van der Waals surface area (Å²) in [7, 11) is 0. The molecule has 0 saturated heterocycles. The first-order valence-corrected chi connectivity index (χ1v) is 30.9. The minimum Gasteiger partial charge on any atom is -0.462 e. The van der Waals surface area contributed by atoms with Crippen LogP contribution >= 0.6 is 0 Å². The zero-order valence-corrected chi connectivity index (χ0v) is 48.3. The van der Waals surface area contributed by atoms with Crippen molar-refractivity contribution in [2.24, 2.45) is 0 Å². The van der Waals surface area contributed by atoms with E-state index in [4.69, 9.17) is 14.2 Å². The van der Waals surface area contributed by atoms with Gasteiger partial charge in [0.15, 0.2) is 6.10 Å². The maximum absolute atomic E-state index is 12.7. The molecule has 0 N–H and O–H groups in total. The number of hydrogen-bond donors (Lipinski definition) is 0. The fraction of sp³-hybridized carbons (Fsp3) is 0.691. The fourth-order valence-electron chi connectivity index (χ4n) is 8.48. The first kappa shape index (κ1) is 70.1. The van der Waals surface area contributed by atoms with Gasteiger partial charge in [-0.3, -0.25) is 14.4 Å². The molecule has 0 bridgehead atoms. The van der Waals surface area contributed by atoms with Crippen molar-refractivity contribution < 1.29 is 28.6 Å². The Kier molecular flexibility index (Phi) is 58.3. The number of unbranched alkanes of at least 4 members (excludes halogenated alkanes) is 26. The Morgan fingerprint density at radius 3 is 0.878 bits per heavy atom. The van der Waals surface area contributed by atoms with E-state index in [1.165, 1.54) is 141 Å². The van der Waals surface area contributed by atoms with Gasteiger partial charge in [0.2, 0.25) is 0 Å². The zero-order valence-electron chi connectivity index (χ0n) is 48.3. The highest BCUT2D eigenvalue weighted by molar-refractivity contribution is 5.71. The SMILES string of the molecule is CC/C=C\C/C=C\C/C=C\C/C=C\C/C=C\CCCCCCCCCCCCCCCCCCCCCC(=O)OCC(COC(=O)CCCCCCCCCC)OC(=O)CC/C=C\C/C=C\C/C=C\C/C=C\CC. The Balaban J connectivity index is 4.02. The molecule has 0 aliphatic carbocycles. The molecule has 0 heterocycles. The second-order valence-electron chi connectivity index (χ2n) is 20.2. The first-order valence-electron chi connectivity index (χ1n) is 30.9. The predicted octanol–water partition coefficient (Wildman–Crippen LogP) is 21.0. The van der Waals surface area contributed by atoms with E-state index in [-0.39, 0.29) is 37.5 Å². The molecule has 6 nitrogen and oxygen atoms in total. The van der Waals surface area contributed by atoms with Gasteiger partial charge in [-0.05, 0) is 89.9 Å². The first-order chi connectivity index (χ1) is 36.5. The minimum absolute atomic E-state index is 0.103. The van der Waals surface area contributed by atoms with E-state index < -0.39 is 6.10 Å². The highest BCUT2D eigenvalue weighted by atomic mass is 16.6. The van der Waals surface area contributed by atoms with E-state index in [1.807, 2.05) is 12.2 Å². The Labute approximate surface area is 457 Å². The van der Waals surface area contributed by atoms with Crippen molar-refractivity contribution in [1.82, 2.24) is 0 Å². The molecule has 1 atom stereocenters. The number of allylic oxidation sites excluding steroid dienone is 18. The van der Waals surface area contributed by atoms with Crippen LogP contribution in [0.1, 0.15) is 284 Å². The number of rotatable bonds is 55. The molecule has 0 fully saturated rings. The van der Waals surface area contributed by atoms with Crippen LogP contribution in [-0.4, -0.2) is 37.2 Å². The molecular formula is C68H114O6. The van der Waals surface area contributed by atoms with Gasteiger partial charge in [-0.2, -0.15) is 0 Å². The Morgan fingerprint density at radius 2 is 0.554 bits per heavy atom. The van der Waals surface area contributed by atoms with E-state index in [1.54, 1.807) is 0 Å². The van der Waals surface area contributed by atoms with Gasteiger partial charge in [-0.1, -0.05) is 284 Å². The summed E-state index contributed by atoms with van der Waals surface area (Å²) in [5.74, 6) is -0.986. The lowest BCUT2D eigenvalue weighted by Gasteiger charge is -2.18. The topological polar surface area (TPSA) is 78.9 Å². The monoisotopic (exact) mass is 1030 g/mol. The fourth-order valence-corrected chi connectivity index (χ4v) is 8.48. The van der Waals surface area contributed by atoms with Crippen LogP contribution in [0, 0.1) is 0 Å². The maximum atomic E-state index is 12.7. The standard InChI is InChI=1S/C68H114O6/c1-4-7-10-13-16-19-21-23-24-25-26-27-28-29-30-31-32-33-34-35-36-37-38-39-40-41-42-43-44-46-47-49-52-55-58-61-67(70)73-64-65(63-72-66(69)60-57-54-51-18-15-12-9-6-3)74-68(71)62-59-56-53-50-48-45-22-20-17-14-11-8-5-2/h7-8,10-11,16-17,19-20,23-24,26-27,29-30,45,48,53,56,65H,4-6,9,12-15,18,21-22,25,28,31-44,46-47,49-52,54-55,57-64H2,1-3H3/b10-7-,11-8-,19-16-,20-17-,24-23-,27-26-,30-29-,48-45-,56-53-. The second-order valence-corrected chi connectivity index (χ2v) is 20.2. The summed E-state index contributed by atoms with van der Waals surface area (Å²) in [6, 6.07) is 0. The van der Waals surface area contributed by atoms with Crippen molar-refractivity contribution in [1.29, 1.82) is 0 Å². The van der Waals surface area contributed by atoms with E-state index >= 15 is 0 Å². The molecule has 0 rings (SSSR count). The molecule has 0 aliphatic rings. The summed E-state index contributed by atoms with van der Waals surface area (Å²) in [6.07, 6.45) is 84.4. The van der Waals surface area contributed by atoms with Gasteiger partial charge in [-0.25, -0.2) is 0 Å². The molecule has 0 aromatic carbocycles. The van der Waals surface area contributed by atoms with E-state index in [0.29, 0.717) is 19.3 Å². The lowest BCUT2D eigenvalue weighted by Crippen LogP contribution is -2.30. The molecule has 0 spiro atoms. The third-order valence-electron chi connectivity index (χ3n) is 13.0. The maximum Gasteiger partial charge on any atom is 0.306 e. The number of carbonyl (C=O) groups is 3. The largest absolute Gasteiger partial charge is 0.462 e. The molecule has 0 aromatic heterocycles. The molecule has 0 aromatic rings. The van der Waals surface area contributed by atoms with Crippen LogP contribution in [0.5, 0.6) is 0 Å². The van der Waals surface area contributed by atoms with Gasteiger partial charge < -0.3 is 14.2 Å². The van der Waals surface area contributed by atoms with Crippen LogP contribution in [0.25, 0.3) is 0 Å². The molecule has 422 valence electrons. The Hall–Kier alpha value is -3.93. The normalized spacial score (nSPS) is 12.9. The molecular weight excluding hydrogens is 913 g/mol. The van der Waals surface area contributed by atoms with Gasteiger partial charge in [0.25, 0.3) is 0 Å².